The molecule has 28 heavy (non-hydrogen) atoms. The van der Waals surface area contributed by atoms with Gasteiger partial charge < -0.3 is 19.7 Å². The first-order valence-corrected chi connectivity index (χ1v) is 10.8. The van der Waals surface area contributed by atoms with Gasteiger partial charge in [0.2, 0.25) is 15.9 Å². The lowest BCUT2D eigenvalue weighted by atomic mass is 9.96. The van der Waals surface area contributed by atoms with Crippen LogP contribution in [0.25, 0.3) is 0 Å². The smallest absolute Gasteiger partial charge is 0.262 e. The van der Waals surface area contributed by atoms with E-state index >= 15 is 0 Å². The second-order valence-electron chi connectivity index (χ2n) is 7.11. The number of anilines is 1. The summed E-state index contributed by atoms with van der Waals surface area (Å²) in [4.78, 5) is 26.0. The number of carbonyl (C=O) groups excluding carboxylic acids is 2. The number of sulfonamides is 1. The number of carbonyl (C=O) groups is 2. The van der Waals surface area contributed by atoms with Crippen molar-refractivity contribution in [3.63, 3.8) is 0 Å². The summed E-state index contributed by atoms with van der Waals surface area (Å²) in [7, 11) is -3.71. The number of rotatable bonds is 3. The van der Waals surface area contributed by atoms with E-state index in [1.165, 1.54) is 16.4 Å². The van der Waals surface area contributed by atoms with Gasteiger partial charge in [-0.3, -0.25) is 9.59 Å². The lowest BCUT2D eigenvalue weighted by molar-refractivity contribution is -0.140. The van der Waals surface area contributed by atoms with Crippen molar-refractivity contribution in [3.8, 4) is 5.75 Å². The first kappa shape index (κ1) is 19.2. The van der Waals surface area contributed by atoms with Crippen molar-refractivity contribution in [3.05, 3.63) is 18.2 Å². The third-order valence-electron chi connectivity index (χ3n) is 5.35. The number of hydrogen-bond acceptors (Lipinski definition) is 6. The first-order chi connectivity index (χ1) is 13.4. The van der Waals surface area contributed by atoms with Crippen molar-refractivity contribution in [2.45, 2.75) is 17.7 Å². The lowest BCUT2D eigenvalue weighted by Gasteiger charge is -2.35. The van der Waals surface area contributed by atoms with Gasteiger partial charge in [-0.25, -0.2) is 8.42 Å². The molecule has 3 heterocycles. The molecule has 0 aliphatic carbocycles. The minimum absolute atomic E-state index is 0.0796. The Balaban J connectivity index is 1.43. The molecule has 0 unspecified atom stereocenters. The Morgan fingerprint density at radius 1 is 1.11 bits per heavy atom. The highest BCUT2D eigenvalue weighted by Gasteiger charge is 2.34. The van der Waals surface area contributed by atoms with E-state index in [9.17, 15) is 18.0 Å². The third-order valence-corrected chi connectivity index (χ3v) is 7.24. The number of ether oxygens (including phenoxy) is 2. The normalized spacial score (nSPS) is 21.6. The summed E-state index contributed by atoms with van der Waals surface area (Å²) < 4.78 is 37.9. The van der Waals surface area contributed by atoms with Gasteiger partial charge in [0.05, 0.1) is 23.8 Å². The molecule has 1 N–H and O–H groups in total. The van der Waals surface area contributed by atoms with Crippen LogP contribution in [0.4, 0.5) is 5.69 Å². The average molecular weight is 409 g/mol. The number of nitrogens with zero attached hydrogens (tertiary/aromatic N) is 2. The Morgan fingerprint density at radius 3 is 2.54 bits per heavy atom. The standard InChI is InChI=1S/C18H23N3O6S/c22-17-12-27-16-2-1-14(11-15(16)19-17)28(24,25)21-5-3-13(4-6-21)18(23)20-7-9-26-10-8-20/h1-2,11,13H,3-10,12H2,(H,19,22). The van der Waals surface area contributed by atoms with Gasteiger partial charge in [0, 0.05) is 32.1 Å². The molecule has 3 aliphatic rings. The zero-order chi connectivity index (χ0) is 19.7. The van der Waals surface area contributed by atoms with Crippen molar-refractivity contribution in [2.75, 3.05) is 51.3 Å². The van der Waals surface area contributed by atoms with Crippen molar-refractivity contribution >= 4 is 27.5 Å². The molecular weight excluding hydrogens is 386 g/mol. The van der Waals surface area contributed by atoms with E-state index in [0.717, 1.165) is 0 Å². The zero-order valence-electron chi connectivity index (χ0n) is 15.4. The maximum absolute atomic E-state index is 13.0. The highest BCUT2D eigenvalue weighted by atomic mass is 32.2. The van der Waals surface area contributed by atoms with Gasteiger partial charge in [0.25, 0.3) is 5.91 Å². The number of benzene rings is 1. The fraction of sp³-hybridized carbons (Fsp3) is 0.556. The molecule has 2 amide bonds. The molecule has 2 fully saturated rings. The molecule has 9 nitrogen and oxygen atoms in total. The fourth-order valence-electron chi connectivity index (χ4n) is 3.76. The molecule has 0 radical (unpaired) electrons. The molecule has 0 saturated carbocycles. The first-order valence-electron chi connectivity index (χ1n) is 9.38. The van der Waals surface area contributed by atoms with Gasteiger partial charge in [-0.05, 0) is 31.0 Å². The monoisotopic (exact) mass is 409 g/mol. The summed E-state index contributed by atoms with van der Waals surface area (Å²) in [5.74, 6) is 0.0765. The van der Waals surface area contributed by atoms with Crippen LogP contribution in [0.2, 0.25) is 0 Å². The number of nitrogens with one attached hydrogen (secondary N) is 1. The van der Waals surface area contributed by atoms with Crippen LogP contribution < -0.4 is 10.1 Å². The minimum atomic E-state index is -3.71. The van der Waals surface area contributed by atoms with Crippen LogP contribution in [0.5, 0.6) is 5.75 Å². The molecule has 0 bridgehead atoms. The highest BCUT2D eigenvalue weighted by Crippen LogP contribution is 2.32. The van der Waals surface area contributed by atoms with Gasteiger partial charge in [0.1, 0.15) is 5.75 Å². The molecule has 0 aromatic heterocycles. The van der Waals surface area contributed by atoms with E-state index in [4.69, 9.17) is 9.47 Å². The lowest BCUT2D eigenvalue weighted by Crippen LogP contribution is -2.47. The number of hydrogen-bond donors (Lipinski definition) is 1. The molecule has 1 aromatic rings. The molecule has 10 heteroatoms. The molecule has 0 atom stereocenters. The van der Waals surface area contributed by atoms with E-state index in [-0.39, 0.29) is 29.2 Å². The predicted molar refractivity (Wildman–Crippen MR) is 99.4 cm³/mol. The Hall–Kier alpha value is -2.17. The van der Waals surface area contributed by atoms with E-state index in [2.05, 4.69) is 5.32 Å². The van der Waals surface area contributed by atoms with Crippen molar-refractivity contribution < 1.29 is 27.5 Å². The van der Waals surface area contributed by atoms with Crippen LogP contribution in [0.1, 0.15) is 12.8 Å². The molecule has 3 aliphatic heterocycles. The van der Waals surface area contributed by atoms with Crippen LogP contribution in [0, 0.1) is 5.92 Å². The molecular formula is C18H23N3O6S. The Kier molecular flexibility index (Phi) is 5.26. The topological polar surface area (TPSA) is 105 Å². The molecule has 2 saturated heterocycles. The molecule has 0 spiro atoms. The van der Waals surface area contributed by atoms with E-state index in [0.29, 0.717) is 63.7 Å². The van der Waals surface area contributed by atoms with E-state index in [1.54, 1.807) is 6.07 Å². The van der Waals surface area contributed by atoms with Crippen LogP contribution in [0.15, 0.2) is 23.1 Å². The van der Waals surface area contributed by atoms with Gasteiger partial charge in [-0.1, -0.05) is 0 Å². The number of fused-ring (bicyclic) bond motifs is 1. The van der Waals surface area contributed by atoms with Crippen molar-refractivity contribution in [2.24, 2.45) is 5.92 Å². The van der Waals surface area contributed by atoms with Crippen LogP contribution in [0.3, 0.4) is 0 Å². The SMILES string of the molecule is O=C1COc2ccc(S(=O)(=O)N3CCC(C(=O)N4CCOCC4)CC3)cc2N1. The summed E-state index contributed by atoms with van der Waals surface area (Å²) >= 11 is 0. The average Bonchev–Trinajstić information content (AvgIpc) is 2.73. The second kappa shape index (κ2) is 7.69. The van der Waals surface area contributed by atoms with Crippen LogP contribution in [-0.2, 0) is 24.3 Å². The Labute approximate surface area is 163 Å². The van der Waals surface area contributed by atoms with Crippen molar-refractivity contribution in [1.29, 1.82) is 0 Å². The van der Waals surface area contributed by atoms with Gasteiger partial charge in [-0.15, -0.1) is 0 Å². The quantitative estimate of drug-likeness (QED) is 0.769. The fourth-order valence-corrected chi connectivity index (χ4v) is 5.25. The van der Waals surface area contributed by atoms with Crippen LogP contribution in [-0.4, -0.2) is 75.4 Å². The summed E-state index contributed by atoms with van der Waals surface area (Å²) in [6.07, 6.45) is 1.00. The summed E-state index contributed by atoms with van der Waals surface area (Å²) in [5, 5.41) is 2.63. The summed E-state index contributed by atoms with van der Waals surface area (Å²) in [6, 6.07) is 4.46. The highest BCUT2D eigenvalue weighted by molar-refractivity contribution is 7.89. The largest absolute Gasteiger partial charge is 0.482 e. The Morgan fingerprint density at radius 2 is 1.82 bits per heavy atom. The van der Waals surface area contributed by atoms with Gasteiger partial charge >= 0.3 is 0 Å². The summed E-state index contributed by atoms with van der Waals surface area (Å²) in [5.41, 5.74) is 0.356. The summed E-state index contributed by atoms with van der Waals surface area (Å²) in [6.45, 7) is 2.81. The second-order valence-corrected chi connectivity index (χ2v) is 9.05. The van der Waals surface area contributed by atoms with Crippen molar-refractivity contribution in [1.82, 2.24) is 9.21 Å². The molecule has 1 aromatic carbocycles. The maximum Gasteiger partial charge on any atom is 0.262 e. The zero-order valence-corrected chi connectivity index (χ0v) is 16.2. The number of amides is 2. The third kappa shape index (κ3) is 3.71. The maximum atomic E-state index is 13.0. The minimum Gasteiger partial charge on any atom is -0.482 e. The number of piperidine rings is 1. The van der Waals surface area contributed by atoms with Gasteiger partial charge in [0.15, 0.2) is 6.61 Å². The predicted octanol–water partition coefficient (Wildman–Crippen LogP) is 0.277. The Bertz CT molecular complexity index is 873. The molecule has 152 valence electrons. The van der Waals surface area contributed by atoms with E-state index in [1.807, 2.05) is 4.90 Å². The van der Waals surface area contributed by atoms with E-state index < -0.39 is 10.0 Å². The molecule has 4 rings (SSSR count). The van der Waals surface area contributed by atoms with Gasteiger partial charge in [-0.2, -0.15) is 4.31 Å². The van der Waals surface area contributed by atoms with Crippen LogP contribution >= 0.6 is 0 Å². The number of morpholine rings is 1.